The van der Waals surface area contributed by atoms with Crippen LogP contribution in [0, 0.1) is 0 Å². The van der Waals surface area contributed by atoms with E-state index >= 15 is 0 Å². The Bertz CT molecular complexity index is 995. The lowest BCUT2D eigenvalue weighted by Crippen LogP contribution is -2.06. The van der Waals surface area contributed by atoms with Crippen LogP contribution in [-0.4, -0.2) is 47.4 Å². The zero-order valence-corrected chi connectivity index (χ0v) is 16.8. The van der Waals surface area contributed by atoms with Gasteiger partial charge in [0.05, 0.1) is 35.5 Å². The molecule has 29 heavy (non-hydrogen) atoms. The van der Waals surface area contributed by atoms with E-state index in [0.717, 1.165) is 0 Å². The van der Waals surface area contributed by atoms with Gasteiger partial charge in [0.2, 0.25) is 11.6 Å². The van der Waals surface area contributed by atoms with Gasteiger partial charge >= 0.3 is 5.97 Å². The maximum Gasteiger partial charge on any atom is 0.363 e. The van der Waals surface area contributed by atoms with Gasteiger partial charge in [0.25, 0.3) is 0 Å². The fraction of sp³-hybridized carbons (Fsp3) is 0.238. The molecule has 0 bridgehead atoms. The fourth-order valence-corrected chi connectivity index (χ4v) is 2.89. The summed E-state index contributed by atoms with van der Waals surface area (Å²) in [6.45, 7) is 0. The molecule has 0 unspecified atom stereocenters. The van der Waals surface area contributed by atoms with Crippen LogP contribution in [0.5, 0.6) is 28.7 Å². The van der Waals surface area contributed by atoms with Crippen molar-refractivity contribution in [1.29, 1.82) is 0 Å². The summed E-state index contributed by atoms with van der Waals surface area (Å²) in [4.78, 5) is 16.7. The van der Waals surface area contributed by atoms with Gasteiger partial charge in [0.15, 0.2) is 28.7 Å². The van der Waals surface area contributed by atoms with Crippen molar-refractivity contribution in [1.82, 2.24) is 0 Å². The van der Waals surface area contributed by atoms with E-state index in [0.29, 0.717) is 39.9 Å². The number of nitrogens with zero attached hydrogens (tertiary/aromatic N) is 1. The predicted octanol–water partition coefficient (Wildman–Crippen LogP) is 3.07. The molecular weight excluding hydrogens is 378 g/mol. The molecule has 0 aromatic heterocycles. The molecule has 0 aliphatic carbocycles. The van der Waals surface area contributed by atoms with Gasteiger partial charge in [-0.15, -0.1) is 0 Å². The number of ether oxygens (including phenoxy) is 6. The first-order valence-corrected chi connectivity index (χ1v) is 8.60. The third-order valence-corrected chi connectivity index (χ3v) is 4.28. The van der Waals surface area contributed by atoms with Gasteiger partial charge in [-0.2, -0.15) is 0 Å². The summed E-state index contributed by atoms with van der Waals surface area (Å²) in [6, 6.07) is 8.58. The Morgan fingerprint density at radius 3 is 2.07 bits per heavy atom. The van der Waals surface area contributed by atoms with Gasteiger partial charge in [-0.25, -0.2) is 9.79 Å². The lowest BCUT2D eigenvalue weighted by molar-refractivity contribution is -0.129. The summed E-state index contributed by atoms with van der Waals surface area (Å²) >= 11 is 0. The number of methoxy groups -OCH3 is 5. The van der Waals surface area contributed by atoms with E-state index in [1.54, 1.807) is 43.5 Å². The molecule has 2 aromatic rings. The van der Waals surface area contributed by atoms with Crippen LogP contribution < -0.4 is 23.7 Å². The molecular formula is C21H21NO7. The summed E-state index contributed by atoms with van der Waals surface area (Å²) in [6.07, 6.45) is 1.57. The molecule has 0 amide bonds. The van der Waals surface area contributed by atoms with Gasteiger partial charge in [0, 0.05) is 11.1 Å². The molecule has 152 valence electrons. The van der Waals surface area contributed by atoms with Gasteiger partial charge in [0.1, 0.15) is 0 Å². The zero-order chi connectivity index (χ0) is 21.0. The summed E-state index contributed by atoms with van der Waals surface area (Å²) < 4.78 is 31.9. The van der Waals surface area contributed by atoms with Crippen LogP contribution in [0.3, 0.4) is 0 Å². The van der Waals surface area contributed by atoms with Crippen molar-refractivity contribution in [2.45, 2.75) is 0 Å². The first-order valence-electron chi connectivity index (χ1n) is 8.60. The van der Waals surface area contributed by atoms with Crippen molar-refractivity contribution < 1.29 is 33.2 Å². The molecule has 1 heterocycles. The normalized spacial score (nSPS) is 14.3. The average Bonchev–Trinajstić information content (AvgIpc) is 3.12. The quantitative estimate of drug-likeness (QED) is 0.522. The number of esters is 1. The highest BCUT2D eigenvalue weighted by molar-refractivity contribution is 6.13. The van der Waals surface area contributed by atoms with Crippen LogP contribution in [0.25, 0.3) is 6.08 Å². The number of benzene rings is 2. The Hall–Kier alpha value is -3.68. The zero-order valence-electron chi connectivity index (χ0n) is 16.8. The minimum atomic E-state index is -0.577. The van der Waals surface area contributed by atoms with Crippen molar-refractivity contribution in [3.63, 3.8) is 0 Å². The maximum atomic E-state index is 12.4. The Balaban J connectivity index is 2.01. The molecule has 8 heteroatoms. The van der Waals surface area contributed by atoms with Gasteiger partial charge in [-0.1, -0.05) is 0 Å². The summed E-state index contributed by atoms with van der Waals surface area (Å²) in [7, 11) is 7.61. The molecule has 0 spiro atoms. The second-order valence-electron chi connectivity index (χ2n) is 5.83. The SMILES string of the molecule is COc1ccc(C2=N/C(=C\c3ccc(OC)c(OC)c3OC)C(=O)O2)cc1OC. The summed E-state index contributed by atoms with van der Waals surface area (Å²) in [5.41, 5.74) is 1.30. The molecule has 3 rings (SSSR count). The van der Waals surface area contributed by atoms with E-state index in [1.807, 2.05) is 0 Å². The second kappa shape index (κ2) is 8.55. The number of hydrogen-bond donors (Lipinski definition) is 0. The number of carbonyl (C=O) groups excluding carboxylic acids is 1. The Labute approximate surface area is 168 Å². The lowest BCUT2D eigenvalue weighted by atomic mass is 10.1. The van der Waals surface area contributed by atoms with E-state index in [9.17, 15) is 4.79 Å². The standard InChI is InChI=1S/C21H21NO7/c1-24-15-8-7-13(11-17(15)26-3)20-22-14(21(23)29-20)10-12-6-9-16(25-2)19(28-5)18(12)27-4/h6-11H,1-5H3/b14-10-. The molecule has 8 nitrogen and oxygen atoms in total. The van der Waals surface area contributed by atoms with Crippen molar-refractivity contribution in [3.05, 3.63) is 47.2 Å². The van der Waals surface area contributed by atoms with Crippen molar-refractivity contribution in [2.75, 3.05) is 35.5 Å². The monoisotopic (exact) mass is 399 g/mol. The van der Waals surface area contributed by atoms with Crippen LogP contribution in [-0.2, 0) is 9.53 Å². The fourth-order valence-electron chi connectivity index (χ4n) is 2.89. The number of hydrogen-bond acceptors (Lipinski definition) is 8. The molecule has 0 atom stereocenters. The van der Waals surface area contributed by atoms with Crippen molar-refractivity contribution >= 4 is 17.9 Å². The number of rotatable bonds is 7. The Kier molecular flexibility index (Phi) is 5.92. The molecule has 0 radical (unpaired) electrons. The molecule has 1 aliphatic rings. The van der Waals surface area contributed by atoms with E-state index in [-0.39, 0.29) is 11.6 Å². The smallest absolute Gasteiger partial charge is 0.363 e. The Morgan fingerprint density at radius 2 is 1.45 bits per heavy atom. The van der Waals surface area contributed by atoms with Gasteiger partial charge < -0.3 is 28.4 Å². The minimum absolute atomic E-state index is 0.125. The number of cyclic esters (lactones) is 1. The van der Waals surface area contributed by atoms with Crippen LogP contribution in [0.1, 0.15) is 11.1 Å². The van der Waals surface area contributed by atoms with Crippen LogP contribution >= 0.6 is 0 Å². The van der Waals surface area contributed by atoms with E-state index in [4.69, 9.17) is 28.4 Å². The highest BCUT2D eigenvalue weighted by Gasteiger charge is 2.26. The van der Waals surface area contributed by atoms with Gasteiger partial charge in [-0.05, 0) is 36.4 Å². The van der Waals surface area contributed by atoms with Crippen LogP contribution in [0.2, 0.25) is 0 Å². The molecule has 0 saturated carbocycles. The molecule has 2 aromatic carbocycles. The molecule has 1 aliphatic heterocycles. The molecule has 0 fully saturated rings. The van der Waals surface area contributed by atoms with E-state index in [2.05, 4.69) is 4.99 Å². The number of carbonyl (C=O) groups is 1. The first-order chi connectivity index (χ1) is 14.1. The van der Waals surface area contributed by atoms with Crippen LogP contribution in [0.4, 0.5) is 0 Å². The third kappa shape index (κ3) is 3.82. The summed E-state index contributed by atoms with van der Waals surface area (Å²) in [5.74, 6) is 2.00. The second-order valence-corrected chi connectivity index (χ2v) is 5.83. The van der Waals surface area contributed by atoms with E-state index in [1.165, 1.54) is 28.4 Å². The highest BCUT2D eigenvalue weighted by atomic mass is 16.6. The first kappa shape index (κ1) is 20.1. The van der Waals surface area contributed by atoms with Gasteiger partial charge in [-0.3, -0.25) is 0 Å². The van der Waals surface area contributed by atoms with Crippen molar-refractivity contribution in [2.24, 2.45) is 4.99 Å². The minimum Gasteiger partial charge on any atom is -0.493 e. The topological polar surface area (TPSA) is 84.8 Å². The maximum absolute atomic E-state index is 12.4. The third-order valence-electron chi connectivity index (χ3n) is 4.28. The molecule has 0 N–H and O–H groups in total. The highest BCUT2D eigenvalue weighted by Crippen LogP contribution is 2.41. The lowest BCUT2D eigenvalue weighted by Gasteiger charge is -2.14. The largest absolute Gasteiger partial charge is 0.493 e. The average molecular weight is 399 g/mol. The van der Waals surface area contributed by atoms with Crippen LogP contribution in [0.15, 0.2) is 41.0 Å². The van der Waals surface area contributed by atoms with E-state index < -0.39 is 5.97 Å². The predicted molar refractivity (Wildman–Crippen MR) is 106 cm³/mol. The molecule has 0 saturated heterocycles. The summed E-state index contributed by atoms with van der Waals surface area (Å²) in [5, 5.41) is 0. The van der Waals surface area contributed by atoms with Crippen molar-refractivity contribution in [3.8, 4) is 28.7 Å². The number of aliphatic imine (C=N–C) groups is 1. The Morgan fingerprint density at radius 1 is 0.793 bits per heavy atom.